The summed E-state index contributed by atoms with van der Waals surface area (Å²) in [4.78, 5) is 5.94. The van der Waals surface area contributed by atoms with Gasteiger partial charge in [0.05, 0.1) is 0 Å². The molecular formula is C7H11N3S2. The molecule has 12 heavy (non-hydrogen) atoms. The molecule has 3 nitrogen and oxygen atoms in total. The van der Waals surface area contributed by atoms with Crippen molar-refractivity contribution in [3.63, 3.8) is 0 Å². The fourth-order valence-corrected chi connectivity index (χ4v) is 2.52. The van der Waals surface area contributed by atoms with E-state index in [4.69, 9.17) is 5.26 Å². The molecule has 1 fully saturated rings. The standard InChI is InChI=1S/C7H11N3S2/c1-11-7(9-6-8)10-2-4-12-5-3-10/h2-5H2,1H3. The molecule has 0 unspecified atom stereocenters. The summed E-state index contributed by atoms with van der Waals surface area (Å²) in [5.41, 5.74) is 0. The molecule has 0 amide bonds. The zero-order valence-electron chi connectivity index (χ0n) is 6.99. The maximum Gasteiger partial charge on any atom is 0.208 e. The van der Waals surface area contributed by atoms with Crippen LogP contribution in [0.2, 0.25) is 0 Å². The molecular weight excluding hydrogens is 190 g/mol. The minimum absolute atomic E-state index is 0.859. The van der Waals surface area contributed by atoms with Crippen molar-refractivity contribution in [2.75, 3.05) is 30.9 Å². The van der Waals surface area contributed by atoms with Gasteiger partial charge in [-0.2, -0.15) is 17.0 Å². The van der Waals surface area contributed by atoms with Crippen LogP contribution in [0.5, 0.6) is 0 Å². The van der Waals surface area contributed by atoms with Gasteiger partial charge in [-0.05, 0) is 6.26 Å². The van der Waals surface area contributed by atoms with Crippen LogP contribution in [-0.4, -0.2) is 40.9 Å². The summed E-state index contributed by atoms with van der Waals surface area (Å²) in [7, 11) is 0. The van der Waals surface area contributed by atoms with Crippen molar-refractivity contribution in [2.24, 2.45) is 4.99 Å². The van der Waals surface area contributed by atoms with Crippen LogP contribution < -0.4 is 0 Å². The number of amidine groups is 1. The average molecular weight is 201 g/mol. The highest BCUT2D eigenvalue weighted by atomic mass is 32.2. The first-order valence-corrected chi connectivity index (χ1v) is 6.10. The van der Waals surface area contributed by atoms with E-state index in [9.17, 15) is 0 Å². The van der Waals surface area contributed by atoms with Crippen LogP contribution in [0.1, 0.15) is 0 Å². The predicted octanol–water partition coefficient (Wildman–Crippen LogP) is 1.24. The molecule has 0 N–H and O–H groups in total. The number of rotatable bonds is 0. The Labute approximate surface area is 81.2 Å². The quantitative estimate of drug-likeness (QED) is 0.336. The van der Waals surface area contributed by atoms with Crippen molar-refractivity contribution < 1.29 is 0 Å². The summed E-state index contributed by atoms with van der Waals surface area (Å²) in [5.74, 6) is 2.29. The lowest BCUT2D eigenvalue weighted by molar-refractivity contribution is 0.472. The third kappa shape index (κ3) is 2.61. The van der Waals surface area contributed by atoms with Gasteiger partial charge in [0.2, 0.25) is 6.19 Å². The number of thioether (sulfide) groups is 2. The van der Waals surface area contributed by atoms with E-state index >= 15 is 0 Å². The molecule has 0 saturated carbocycles. The first kappa shape index (κ1) is 9.75. The van der Waals surface area contributed by atoms with Crippen LogP contribution >= 0.6 is 23.5 Å². The number of aliphatic imine (C=N–C) groups is 1. The Hall–Kier alpha value is -0.340. The molecule has 0 bridgehead atoms. The van der Waals surface area contributed by atoms with Gasteiger partial charge in [-0.3, -0.25) is 0 Å². The minimum Gasteiger partial charge on any atom is -0.349 e. The van der Waals surface area contributed by atoms with Crippen molar-refractivity contribution in [1.82, 2.24) is 4.90 Å². The lowest BCUT2D eigenvalue weighted by Crippen LogP contribution is -2.36. The highest BCUT2D eigenvalue weighted by Gasteiger charge is 2.13. The van der Waals surface area contributed by atoms with E-state index < -0.39 is 0 Å². The monoisotopic (exact) mass is 201 g/mol. The Morgan fingerprint density at radius 2 is 2.25 bits per heavy atom. The lowest BCUT2D eigenvalue weighted by Gasteiger charge is -2.27. The molecule has 5 heteroatoms. The molecule has 0 aromatic carbocycles. The third-order valence-corrected chi connectivity index (χ3v) is 3.27. The molecule has 0 aliphatic carbocycles. The van der Waals surface area contributed by atoms with Gasteiger partial charge in [-0.1, -0.05) is 11.8 Å². The second-order valence-corrected chi connectivity index (χ2v) is 4.30. The Bertz CT molecular complexity index is 203. The topological polar surface area (TPSA) is 39.4 Å². The fourth-order valence-electron chi connectivity index (χ4n) is 1.04. The molecule has 1 aliphatic rings. The second-order valence-electron chi connectivity index (χ2n) is 2.30. The van der Waals surface area contributed by atoms with Crippen LogP contribution in [0.15, 0.2) is 4.99 Å². The predicted molar refractivity (Wildman–Crippen MR) is 55.5 cm³/mol. The molecule has 0 spiro atoms. The van der Waals surface area contributed by atoms with Crippen LogP contribution in [0, 0.1) is 11.5 Å². The van der Waals surface area contributed by atoms with E-state index in [0.717, 1.165) is 29.8 Å². The number of hydrogen-bond acceptors (Lipinski definition) is 4. The van der Waals surface area contributed by atoms with Gasteiger partial charge in [0.15, 0.2) is 5.17 Å². The van der Waals surface area contributed by atoms with Gasteiger partial charge in [-0.25, -0.2) is 0 Å². The smallest absolute Gasteiger partial charge is 0.208 e. The summed E-state index contributed by atoms with van der Waals surface area (Å²) in [5, 5.41) is 9.27. The highest BCUT2D eigenvalue weighted by molar-refractivity contribution is 8.13. The second kappa shape index (κ2) is 5.33. The number of nitrogens with zero attached hydrogens (tertiary/aromatic N) is 3. The van der Waals surface area contributed by atoms with Gasteiger partial charge >= 0.3 is 0 Å². The van der Waals surface area contributed by atoms with Crippen LogP contribution in [-0.2, 0) is 0 Å². The molecule has 0 atom stereocenters. The van der Waals surface area contributed by atoms with Crippen molar-refractivity contribution in [3.05, 3.63) is 0 Å². The van der Waals surface area contributed by atoms with Gasteiger partial charge in [0, 0.05) is 24.6 Å². The maximum atomic E-state index is 8.42. The van der Waals surface area contributed by atoms with Crippen molar-refractivity contribution in [1.29, 1.82) is 5.26 Å². The van der Waals surface area contributed by atoms with Crippen LogP contribution in [0.4, 0.5) is 0 Å². The minimum atomic E-state index is 0.859. The SMILES string of the molecule is CSC(=NC#N)N1CCSCC1. The number of nitriles is 1. The lowest BCUT2D eigenvalue weighted by atomic mass is 10.5. The summed E-state index contributed by atoms with van der Waals surface area (Å²) in [6.07, 6.45) is 3.79. The molecule has 0 aromatic rings. The van der Waals surface area contributed by atoms with Crippen LogP contribution in [0.3, 0.4) is 0 Å². The van der Waals surface area contributed by atoms with Gasteiger partial charge < -0.3 is 4.90 Å². The summed E-state index contributed by atoms with van der Waals surface area (Å²) >= 11 is 3.50. The van der Waals surface area contributed by atoms with E-state index in [2.05, 4.69) is 9.89 Å². The first-order chi connectivity index (χ1) is 5.88. The normalized spacial score (nSPS) is 19.0. The Morgan fingerprint density at radius 1 is 1.58 bits per heavy atom. The Morgan fingerprint density at radius 3 is 2.75 bits per heavy atom. The molecule has 1 heterocycles. The van der Waals surface area contributed by atoms with E-state index in [0.29, 0.717) is 0 Å². The molecule has 0 aromatic heterocycles. The van der Waals surface area contributed by atoms with E-state index in [-0.39, 0.29) is 0 Å². The van der Waals surface area contributed by atoms with Gasteiger partial charge in [0.1, 0.15) is 0 Å². The van der Waals surface area contributed by atoms with Gasteiger partial charge in [0.25, 0.3) is 0 Å². The molecule has 0 radical (unpaired) electrons. The third-order valence-electron chi connectivity index (χ3n) is 1.61. The zero-order chi connectivity index (χ0) is 8.81. The molecule has 1 saturated heterocycles. The van der Waals surface area contributed by atoms with Crippen molar-refractivity contribution in [3.8, 4) is 6.19 Å². The van der Waals surface area contributed by atoms with E-state index in [1.165, 1.54) is 0 Å². The number of hydrogen-bond donors (Lipinski definition) is 0. The van der Waals surface area contributed by atoms with Gasteiger partial charge in [-0.15, -0.1) is 4.99 Å². The van der Waals surface area contributed by atoms with E-state index in [1.54, 1.807) is 11.8 Å². The fraction of sp³-hybridized carbons (Fsp3) is 0.714. The summed E-state index contributed by atoms with van der Waals surface area (Å²) < 4.78 is 0. The molecule has 66 valence electrons. The Kier molecular flexibility index (Phi) is 4.33. The summed E-state index contributed by atoms with van der Waals surface area (Å²) in [6.45, 7) is 2.04. The first-order valence-electron chi connectivity index (χ1n) is 3.72. The average Bonchev–Trinajstić information content (AvgIpc) is 2.15. The van der Waals surface area contributed by atoms with Crippen molar-refractivity contribution in [2.45, 2.75) is 0 Å². The maximum absolute atomic E-state index is 8.42. The largest absolute Gasteiger partial charge is 0.349 e. The summed E-state index contributed by atoms with van der Waals surface area (Å²) in [6, 6.07) is 0. The zero-order valence-corrected chi connectivity index (χ0v) is 8.62. The highest BCUT2D eigenvalue weighted by Crippen LogP contribution is 2.13. The molecule has 1 rings (SSSR count). The van der Waals surface area contributed by atoms with E-state index in [1.807, 2.05) is 24.2 Å². The molecule has 1 aliphatic heterocycles. The van der Waals surface area contributed by atoms with Crippen molar-refractivity contribution >= 4 is 28.7 Å². The Balaban J connectivity index is 2.53. The van der Waals surface area contributed by atoms with Crippen LogP contribution in [0.25, 0.3) is 0 Å².